The average molecular weight is 251 g/mol. The first-order valence-corrected chi connectivity index (χ1v) is 5.55. The molecule has 0 aliphatic rings. The molecule has 3 heteroatoms. The Morgan fingerprint density at radius 2 is 1.86 bits per heavy atom. The Labute approximate surface area is 100 Å². The van der Waals surface area contributed by atoms with Gasteiger partial charge in [0.1, 0.15) is 0 Å². The van der Waals surface area contributed by atoms with Crippen LogP contribution in [-0.2, 0) is 3.79 Å². The lowest BCUT2D eigenvalue weighted by Gasteiger charge is -2.13. The summed E-state index contributed by atoms with van der Waals surface area (Å²) in [5.74, 6) is 0.487. The number of alkyl halides is 3. The first kappa shape index (κ1) is 12.2. The van der Waals surface area contributed by atoms with Gasteiger partial charge in [-0.15, -0.1) is 0 Å². The van der Waals surface area contributed by atoms with Crippen LogP contribution < -0.4 is 0 Å². The molecule has 0 nitrogen and oxygen atoms in total. The van der Waals surface area contributed by atoms with Crippen LogP contribution in [0.15, 0.2) is 24.3 Å². The molecule has 0 atom stereocenters. The molecule has 1 radical (unpaired) electrons. The van der Waals surface area contributed by atoms with E-state index in [1.54, 1.807) is 0 Å². The van der Waals surface area contributed by atoms with E-state index in [0.717, 1.165) is 5.56 Å². The summed E-state index contributed by atoms with van der Waals surface area (Å²) in [7, 11) is 0. The minimum atomic E-state index is -1.33. The Bertz CT molecular complexity index is 300. The van der Waals surface area contributed by atoms with E-state index in [9.17, 15) is 0 Å². The highest BCUT2D eigenvalue weighted by molar-refractivity contribution is 6.66. The van der Waals surface area contributed by atoms with Crippen molar-refractivity contribution in [3.63, 3.8) is 0 Å². The van der Waals surface area contributed by atoms with Crippen molar-refractivity contribution in [3.05, 3.63) is 41.8 Å². The molecular weight excluding hydrogens is 238 g/mol. The molecule has 1 rings (SSSR count). The van der Waals surface area contributed by atoms with Crippen molar-refractivity contribution in [2.75, 3.05) is 0 Å². The maximum Gasteiger partial charge on any atom is 0.216 e. The zero-order valence-electron chi connectivity index (χ0n) is 8.10. The van der Waals surface area contributed by atoms with Gasteiger partial charge in [0.25, 0.3) is 0 Å². The summed E-state index contributed by atoms with van der Waals surface area (Å²) in [6, 6.07) is 7.60. The predicted molar refractivity (Wildman–Crippen MR) is 63.9 cm³/mol. The van der Waals surface area contributed by atoms with Gasteiger partial charge in [-0.1, -0.05) is 72.9 Å². The Morgan fingerprint density at radius 1 is 1.21 bits per heavy atom. The van der Waals surface area contributed by atoms with Crippen molar-refractivity contribution in [2.45, 2.75) is 17.6 Å². The van der Waals surface area contributed by atoms with Crippen molar-refractivity contribution >= 4 is 34.8 Å². The third-order valence-electron chi connectivity index (χ3n) is 1.74. The standard InChI is InChI=1S/C11H12Cl3/c1-8(2)6-9-4-3-5-10(7-9)11(12,13)14/h3-8H,1-2H3. The number of rotatable bonds is 2. The number of hydrogen-bond donors (Lipinski definition) is 0. The van der Waals surface area contributed by atoms with Gasteiger partial charge in [0.05, 0.1) is 0 Å². The van der Waals surface area contributed by atoms with Crippen molar-refractivity contribution in [1.82, 2.24) is 0 Å². The van der Waals surface area contributed by atoms with Gasteiger partial charge in [-0.25, -0.2) is 0 Å². The summed E-state index contributed by atoms with van der Waals surface area (Å²) >= 11 is 17.4. The second-order valence-electron chi connectivity index (χ2n) is 3.53. The lowest BCUT2D eigenvalue weighted by molar-refractivity contribution is 0.776. The predicted octanol–water partition coefficient (Wildman–Crippen LogP) is 4.72. The molecule has 0 aromatic heterocycles. The van der Waals surface area contributed by atoms with E-state index in [2.05, 4.69) is 20.3 Å². The fraction of sp³-hybridized carbons (Fsp3) is 0.364. The van der Waals surface area contributed by atoms with E-state index in [4.69, 9.17) is 34.8 Å². The van der Waals surface area contributed by atoms with Crippen molar-refractivity contribution in [3.8, 4) is 0 Å². The molecular formula is C11H12Cl3. The molecule has 0 aliphatic carbocycles. The van der Waals surface area contributed by atoms with Crippen LogP contribution >= 0.6 is 34.8 Å². The van der Waals surface area contributed by atoms with E-state index >= 15 is 0 Å². The average Bonchev–Trinajstić information content (AvgIpc) is 2.01. The molecule has 0 saturated heterocycles. The Balaban J connectivity index is 2.90. The minimum absolute atomic E-state index is 0.487. The van der Waals surface area contributed by atoms with Crippen molar-refractivity contribution < 1.29 is 0 Å². The normalized spacial score (nSPS) is 12.1. The molecule has 0 spiro atoms. The molecule has 14 heavy (non-hydrogen) atoms. The smallest absolute Gasteiger partial charge is 0.0784 e. The quantitative estimate of drug-likeness (QED) is 0.666. The second kappa shape index (κ2) is 4.74. The summed E-state index contributed by atoms with van der Waals surface area (Å²) in [5.41, 5.74) is 1.79. The Kier molecular flexibility index (Phi) is 4.12. The van der Waals surface area contributed by atoms with Gasteiger partial charge in [-0.05, 0) is 17.9 Å². The van der Waals surface area contributed by atoms with Crippen LogP contribution in [0.5, 0.6) is 0 Å². The SMILES string of the molecule is CC(C)[CH]c1cccc(C(Cl)(Cl)Cl)c1. The molecule has 0 heterocycles. The van der Waals surface area contributed by atoms with Crippen molar-refractivity contribution in [2.24, 2.45) is 5.92 Å². The maximum absolute atomic E-state index is 5.78. The summed E-state index contributed by atoms with van der Waals surface area (Å²) < 4.78 is -1.33. The lowest BCUT2D eigenvalue weighted by Crippen LogP contribution is -2.01. The summed E-state index contributed by atoms with van der Waals surface area (Å²) in [6.45, 7) is 4.23. The highest BCUT2D eigenvalue weighted by atomic mass is 35.6. The summed E-state index contributed by atoms with van der Waals surface area (Å²) in [5, 5.41) is 0. The van der Waals surface area contributed by atoms with Gasteiger partial charge in [-0.2, -0.15) is 0 Å². The van der Waals surface area contributed by atoms with Crippen LogP contribution in [0.4, 0.5) is 0 Å². The molecule has 0 bridgehead atoms. The maximum atomic E-state index is 5.78. The van der Waals surface area contributed by atoms with Gasteiger partial charge in [-0.3, -0.25) is 0 Å². The van der Waals surface area contributed by atoms with E-state index in [0.29, 0.717) is 11.5 Å². The highest BCUT2D eigenvalue weighted by Gasteiger charge is 2.22. The fourth-order valence-corrected chi connectivity index (χ4v) is 1.56. The van der Waals surface area contributed by atoms with E-state index in [-0.39, 0.29) is 0 Å². The molecule has 0 unspecified atom stereocenters. The molecule has 1 aromatic rings. The Hall–Kier alpha value is 0.0900. The van der Waals surface area contributed by atoms with E-state index < -0.39 is 3.79 Å². The van der Waals surface area contributed by atoms with Crippen molar-refractivity contribution in [1.29, 1.82) is 0 Å². The van der Waals surface area contributed by atoms with Gasteiger partial charge in [0, 0.05) is 5.56 Å². The van der Waals surface area contributed by atoms with Gasteiger partial charge >= 0.3 is 0 Å². The van der Waals surface area contributed by atoms with Crippen LogP contribution in [0.3, 0.4) is 0 Å². The topological polar surface area (TPSA) is 0 Å². The zero-order chi connectivity index (χ0) is 10.8. The number of halogens is 3. The lowest BCUT2D eigenvalue weighted by atomic mass is 10.0. The molecule has 0 amide bonds. The molecule has 77 valence electrons. The van der Waals surface area contributed by atoms with Crippen LogP contribution in [-0.4, -0.2) is 0 Å². The summed E-state index contributed by atoms with van der Waals surface area (Å²) in [4.78, 5) is 0. The molecule has 0 N–H and O–H groups in total. The van der Waals surface area contributed by atoms with Crippen LogP contribution in [0, 0.1) is 12.3 Å². The van der Waals surface area contributed by atoms with E-state index in [1.807, 2.05) is 24.3 Å². The minimum Gasteiger partial charge on any atom is -0.0784 e. The van der Waals surface area contributed by atoms with Gasteiger partial charge in [0.2, 0.25) is 3.79 Å². The van der Waals surface area contributed by atoms with Gasteiger partial charge in [0.15, 0.2) is 0 Å². The zero-order valence-corrected chi connectivity index (χ0v) is 10.4. The van der Waals surface area contributed by atoms with E-state index in [1.165, 1.54) is 0 Å². The van der Waals surface area contributed by atoms with Crippen LogP contribution in [0.2, 0.25) is 0 Å². The van der Waals surface area contributed by atoms with Crippen LogP contribution in [0.1, 0.15) is 25.0 Å². The fourth-order valence-electron chi connectivity index (χ4n) is 1.20. The van der Waals surface area contributed by atoms with Gasteiger partial charge < -0.3 is 0 Å². The third kappa shape index (κ3) is 3.68. The first-order valence-electron chi connectivity index (χ1n) is 4.42. The number of benzene rings is 1. The highest BCUT2D eigenvalue weighted by Crippen LogP contribution is 2.38. The largest absolute Gasteiger partial charge is 0.216 e. The monoisotopic (exact) mass is 249 g/mol. The summed E-state index contributed by atoms with van der Waals surface area (Å²) in [6.07, 6.45) is 2.12. The number of hydrogen-bond acceptors (Lipinski definition) is 0. The molecule has 0 saturated carbocycles. The Morgan fingerprint density at radius 3 is 2.36 bits per heavy atom. The third-order valence-corrected chi connectivity index (χ3v) is 2.39. The second-order valence-corrected chi connectivity index (χ2v) is 5.82. The molecule has 0 aliphatic heterocycles. The molecule has 1 aromatic carbocycles. The molecule has 0 fully saturated rings. The van der Waals surface area contributed by atoms with Crippen LogP contribution in [0.25, 0.3) is 0 Å². The first-order chi connectivity index (χ1) is 6.39.